The standard InChI is InChI=1S/C14H16F3NO4S/c15-14(16,17)10-5-4-6-11(9-10)23(21,22)18-13(12(19)20)7-2-1-3-8-13/h4-6,9,18H,1-3,7-8H2,(H,19,20)/p-1. The molecule has 1 aromatic rings. The summed E-state index contributed by atoms with van der Waals surface area (Å²) in [5.41, 5.74) is -2.89. The van der Waals surface area contributed by atoms with Gasteiger partial charge in [-0.1, -0.05) is 25.3 Å². The lowest BCUT2D eigenvalue weighted by atomic mass is 9.83. The van der Waals surface area contributed by atoms with Gasteiger partial charge in [0.2, 0.25) is 10.0 Å². The number of sulfonamides is 1. The van der Waals surface area contributed by atoms with Crippen molar-refractivity contribution in [3.63, 3.8) is 0 Å². The van der Waals surface area contributed by atoms with Gasteiger partial charge in [-0.15, -0.1) is 0 Å². The monoisotopic (exact) mass is 350 g/mol. The summed E-state index contributed by atoms with van der Waals surface area (Å²) in [5, 5.41) is 11.4. The maximum Gasteiger partial charge on any atom is 0.416 e. The Morgan fingerprint density at radius 1 is 1.17 bits per heavy atom. The summed E-state index contributed by atoms with van der Waals surface area (Å²) in [6.07, 6.45) is -2.83. The van der Waals surface area contributed by atoms with E-state index < -0.39 is 38.2 Å². The molecule has 0 heterocycles. The lowest BCUT2D eigenvalue weighted by Crippen LogP contribution is -2.60. The molecule has 1 saturated carbocycles. The zero-order valence-corrected chi connectivity index (χ0v) is 12.8. The van der Waals surface area contributed by atoms with Crippen LogP contribution in [0.15, 0.2) is 29.2 Å². The summed E-state index contributed by atoms with van der Waals surface area (Å²) in [7, 11) is -4.42. The number of benzene rings is 1. The number of aliphatic carboxylic acids is 1. The number of carboxylic acids is 1. The summed E-state index contributed by atoms with van der Waals surface area (Å²) in [4.78, 5) is 10.8. The Bertz CT molecular complexity index is 694. The quantitative estimate of drug-likeness (QED) is 0.890. The smallest absolute Gasteiger partial charge is 0.416 e. The van der Waals surface area contributed by atoms with Gasteiger partial charge in [0, 0.05) is 0 Å². The fourth-order valence-corrected chi connectivity index (χ4v) is 4.12. The Morgan fingerprint density at radius 2 is 1.78 bits per heavy atom. The molecular formula is C14H15F3NO4S-. The van der Waals surface area contributed by atoms with Gasteiger partial charge in [0.05, 0.1) is 22.0 Å². The lowest BCUT2D eigenvalue weighted by Gasteiger charge is -2.38. The number of hydrogen-bond donors (Lipinski definition) is 1. The number of carboxylic acid groups (broad SMARTS) is 1. The van der Waals surface area contributed by atoms with Crippen molar-refractivity contribution >= 4 is 16.0 Å². The van der Waals surface area contributed by atoms with Gasteiger partial charge < -0.3 is 9.90 Å². The second kappa shape index (κ2) is 6.12. The molecule has 128 valence electrons. The average Bonchev–Trinajstić information content (AvgIpc) is 2.47. The number of carbonyl (C=O) groups is 1. The molecule has 1 aliphatic carbocycles. The summed E-state index contributed by atoms with van der Waals surface area (Å²) in [6.45, 7) is 0. The third kappa shape index (κ3) is 3.84. The third-order valence-corrected chi connectivity index (χ3v) is 5.43. The summed E-state index contributed by atoms with van der Waals surface area (Å²) in [5.74, 6) is -1.56. The van der Waals surface area contributed by atoms with Crippen LogP contribution in [0.1, 0.15) is 37.7 Å². The number of nitrogens with one attached hydrogen (secondary N) is 1. The van der Waals surface area contributed by atoms with Crippen molar-refractivity contribution < 1.29 is 31.5 Å². The van der Waals surface area contributed by atoms with Crippen molar-refractivity contribution in [2.75, 3.05) is 0 Å². The molecule has 0 unspecified atom stereocenters. The molecule has 5 nitrogen and oxygen atoms in total. The van der Waals surface area contributed by atoms with Crippen LogP contribution < -0.4 is 9.83 Å². The molecule has 0 spiro atoms. The summed E-state index contributed by atoms with van der Waals surface area (Å²) < 4.78 is 64.8. The SMILES string of the molecule is O=C([O-])C1(NS(=O)(=O)c2cccc(C(F)(F)F)c2)CCCCC1. The molecule has 23 heavy (non-hydrogen) atoms. The molecule has 0 bridgehead atoms. The highest BCUT2D eigenvalue weighted by Gasteiger charge is 2.38. The second-order valence-corrected chi connectivity index (χ2v) is 7.24. The molecule has 0 atom stereocenters. The Balaban J connectivity index is 2.36. The van der Waals surface area contributed by atoms with Gasteiger partial charge in [-0.25, -0.2) is 8.42 Å². The van der Waals surface area contributed by atoms with E-state index in [0.29, 0.717) is 18.9 Å². The lowest BCUT2D eigenvalue weighted by molar-refractivity contribution is -0.314. The van der Waals surface area contributed by atoms with Crippen LogP contribution in [-0.2, 0) is 21.0 Å². The molecule has 2 rings (SSSR count). The highest BCUT2D eigenvalue weighted by Crippen LogP contribution is 2.32. The van der Waals surface area contributed by atoms with Crippen molar-refractivity contribution in [1.82, 2.24) is 4.72 Å². The Hall–Kier alpha value is -1.61. The van der Waals surface area contributed by atoms with Crippen LogP contribution >= 0.6 is 0 Å². The minimum Gasteiger partial charge on any atom is -0.548 e. The first-order valence-electron chi connectivity index (χ1n) is 7.00. The molecule has 9 heteroatoms. The van der Waals surface area contributed by atoms with Crippen LogP contribution in [0.2, 0.25) is 0 Å². The van der Waals surface area contributed by atoms with Gasteiger partial charge in [0.15, 0.2) is 0 Å². The van der Waals surface area contributed by atoms with E-state index in [1.807, 2.05) is 4.72 Å². The third-order valence-electron chi connectivity index (χ3n) is 3.90. The molecule has 1 fully saturated rings. The van der Waals surface area contributed by atoms with E-state index in [-0.39, 0.29) is 12.8 Å². The molecule has 0 aromatic heterocycles. The first kappa shape index (κ1) is 17.7. The van der Waals surface area contributed by atoms with E-state index in [0.717, 1.165) is 24.6 Å². The van der Waals surface area contributed by atoms with E-state index in [1.54, 1.807) is 0 Å². The number of alkyl halides is 3. The van der Waals surface area contributed by atoms with Crippen LogP contribution in [0.3, 0.4) is 0 Å². The Labute approximate surface area is 131 Å². The minimum absolute atomic E-state index is 0.0491. The van der Waals surface area contributed by atoms with Crippen LogP contribution in [0, 0.1) is 0 Å². The summed E-state index contributed by atoms with van der Waals surface area (Å²) >= 11 is 0. The fraction of sp³-hybridized carbons (Fsp3) is 0.500. The molecular weight excluding hydrogens is 335 g/mol. The molecule has 0 radical (unpaired) electrons. The Kier molecular flexibility index (Phi) is 4.72. The van der Waals surface area contributed by atoms with E-state index in [9.17, 15) is 31.5 Å². The van der Waals surface area contributed by atoms with Crippen molar-refractivity contribution in [1.29, 1.82) is 0 Å². The first-order valence-corrected chi connectivity index (χ1v) is 8.48. The van der Waals surface area contributed by atoms with Gasteiger partial charge in [-0.05, 0) is 31.0 Å². The minimum atomic E-state index is -4.69. The molecule has 0 amide bonds. The second-order valence-electron chi connectivity index (χ2n) is 5.56. The predicted octanol–water partition coefficient (Wildman–Crippen LogP) is 1.44. The Morgan fingerprint density at radius 3 is 2.30 bits per heavy atom. The first-order chi connectivity index (χ1) is 10.6. The van der Waals surface area contributed by atoms with Gasteiger partial charge >= 0.3 is 6.18 Å². The van der Waals surface area contributed by atoms with E-state index in [1.165, 1.54) is 0 Å². The van der Waals surface area contributed by atoms with Crippen molar-refractivity contribution in [2.45, 2.75) is 48.7 Å². The number of rotatable bonds is 4. The molecule has 1 aliphatic rings. The van der Waals surface area contributed by atoms with Gasteiger partial charge in [0.1, 0.15) is 0 Å². The number of carbonyl (C=O) groups excluding carboxylic acids is 1. The predicted molar refractivity (Wildman–Crippen MR) is 72.6 cm³/mol. The maximum atomic E-state index is 12.7. The molecule has 1 N–H and O–H groups in total. The van der Waals surface area contributed by atoms with Gasteiger partial charge in [0.25, 0.3) is 0 Å². The average molecular weight is 350 g/mol. The number of halogens is 3. The van der Waals surface area contributed by atoms with Crippen LogP contribution in [0.5, 0.6) is 0 Å². The normalized spacial score (nSPS) is 18.6. The van der Waals surface area contributed by atoms with Crippen LogP contribution in [0.25, 0.3) is 0 Å². The molecule has 1 aromatic carbocycles. The van der Waals surface area contributed by atoms with E-state index in [4.69, 9.17) is 0 Å². The topological polar surface area (TPSA) is 86.3 Å². The van der Waals surface area contributed by atoms with Crippen molar-refractivity contribution in [3.05, 3.63) is 29.8 Å². The molecule has 0 aliphatic heterocycles. The zero-order valence-electron chi connectivity index (χ0n) is 12.0. The summed E-state index contributed by atoms with van der Waals surface area (Å²) in [6, 6.07) is 3.18. The molecule has 0 saturated heterocycles. The van der Waals surface area contributed by atoms with Gasteiger partial charge in [-0.3, -0.25) is 0 Å². The zero-order chi connectivity index (χ0) is 17.3. The largest absolute Gasteiger partial charge is 0.548 e. The van der Waals surface area contributed by atoms with E-state index >= 15 is 0 Å². The van der Waals surface area contributed by atoms with Crippen LogP contribution in [-0.4, -0.2) is 19.9 Å². The number of hydrogen-bond acceptors (Lipinski definition) is 4. The maximum absolute atomic E-state index is 12.7. The fourth-order valence-electron chi connectivity index (χ4n) is 2.66. The van der Waals surface area contributed by atoms with Gasteiger partial charge in [-0.2, -0.15) is 17.9 Å². The van der Waals surface area contributed by atoms with Crippen molar-refractivity contribution in [2.24, 2.45) is 0 Å². The highest BCUT2D eigenvalue weighted by molar-refractivity contribution is 7.89. The van der Waals surface area contributed by atoms with Crippen LogP contribution in [0.4, 0.5) is 13.2 Å². The highest BCUT2D eigenvalue weighted by atomic mass is 32.2. The van der Waals surface area contributed by atoms with Crippen molar-refractivity contribution in [3.8, 4) is 0 Å². The van der Waals surface area contributed by atoms with E-state index in [2.05, 4.69) is 0 Å².